The summed E-state index contributed by atoms with van der Waals surface area (Å²) >= 11 is 0. The Bertz CT molecular complexity index is 260. The molecule has 1 aliphatic rings. The Morgan fingerprint density at radius 1 is 1.57 bits per heavy atom. The van der Waals surface area contributed by atoms with Crippen LogP contribution in [0.4, 0.5) is 0 Å². The third-order valence-electron chi connectivity index (χ3n) is 2.49. The van der Waals surface area contributed by atoms with Crippen LogP contribution in [0.1, 0.15) is 39.5 Å². The first kappa shape index (κ1) is 11.1. The van der Waals surface area contributed by atoms with Crippen molar-refractivity contribution >= 4 is 0 Å². The van der Waals surface area contributed by atoms with E-state index in [-0.39, 0.29) is 6.10 Å². The number of hydrogen-bond acceptors (Lipinski definition) is 2. The molecule has 1 fully saturated rings. The Hall–Kier alpha value is -0.940. The standard InChI is InChI=1S/C12H18O2/c1-4-12(13)8-6-5-7-11(12)9-14-10(2)3/h1,9-10,13H,5-8H2,2-3H3. The minimum atomic E-state index is -1.06. The summed E-state index contributed by atoms with van der Waals surface area (Å²) in [6.07, 6.45) is 10.7. The second-order valence-electron chi connectivity index (χ2n) is 4.04. The zero-order valence-electron chi connectivity index (χ0n) is 8.92. The molecule has 0 aromatic rings. The van der Waals surface area contributed by atoms with Crippen LogP contribution in [0, 0.1) is 12.3 Å². The van der Waals surface area contributed by atoms with Crippen molar-refractivity contribution in [3.8, 4) is 12.3 Å². The van der Waals surface area contributed by atoms with Gasteiger partial charge in [0.1, 0.15) is 5.60 Å². The normalized spacial score (nSPS) is 30.4. The molecule has 1 atom stereocenters. The molecular weight excluding hydrogens is 176 g/mol. The van der Waals surface area contributed by atoms with Crippen molar-refractivity contribution in [2.45, 2.75) is 51.2 Å². The smallest absolute Gasteiger partial charge is 0.149 e. The number of terminal acetylenes is 1. The van der Waals surface area contributed by atoms with Crippen LogP contribution in [-0.4, -0.2) is 16.8 Å². The van der Waals surface area contributed by atoms with Crippen LogP contribution < -0.4 is 0 Å². The van der Waals surface area contributed by atoms with E-state index in [0.717, 1.165) is 24.8 Å². The van der Waals surface area contributed by atoms with Crippen LogP contribution in [0.15, 0.2) is 11.8 Å². The van der Waals surface area contributed by atoms with Gasteiger partial charge in [-0.3, -0.25) is 0 Å². The Morgan fingerprint density at radius 3 is 2.86 bits per heavy atom. The minimum Gasteiger partial charge on any atom is -0.499 e. The summed E-state index contributed by atoms with van der Waals surface area (Å²) in [6.45, 7) is 3.91. The van der Waals surface area contributed by atoms with Gasteiger partial charge in [-0.2, -0.15) is 0 Å². The lowest BCUT2D eigenvalue weighted by atomic mass is 9.81. The third kappa shape index (κ3) is 2.52. The minimum absolute atomic E-state index is 0.131. The maximum atomic E-state index is 10.1. The SMILES string of the molecule is C#CC1(O)CCCCC1=COC(C)C. The van der Waals surface area contributed by atoms with Gasteiger partial charge in [0.25, 0.3) is 0 Å². The molecule has 0 saturated heterocycles. The van der Waals surface area contributed by atoms with Crippen molar-refractivity contribution in [2.24, 2.45) is 0 Å². The molecule has 0 amide bonds. The molecule has 14 heavy (non-hydrogen) atoms. The Labute approximate surface area is 86.0 Å². The second-order valence-corrected chi connectivity index (χ2v) is 4.04. The van der Waals surface area contributed by atoms with Crippen LogP contribution in [0.5, 0.6) is 0 Å². The fraction of sp³-hybridized carbons (Fsp3) is 0.667. The van der Waals surface area contributed by atoms with Gasteiger partial charge >= 0.3 is 0 Å². The number of ether oxygens (including phenoxy) is 1. The van der Waals surface area contributed by atoms with Gasteiger partial charge in [0.15, 0.2) is 0 Å². The zero-order valence-corrected chi connectivity index (χ0v) is 8.92. The van der Waals surface area contributed by atoms with E-state index in [0.29, 0.717) is 6.42 Å². The van der Waals surface area contributed by atoms with Crippen LogP contribution in [0.2, 0.25) is 0 Å². The predicted octanol–water partition coefficient (Wildman–Crippen LogP) is 2.23. The van der Waals surface area contributed by atoms with E-state index >= 15 is 0 Å². The fourth-order valence-corrected chi connectivity index (χ4v) is 1.60. The molecule has 1 rings (SSSR count). The summed E-state index contributed by atoms with van der Waals surface area (Å²) in [6, 6.07) is 0. The largest absolute Gasteiger partial charge is 0.499 e. The van der Waals surface area contributed by atoms with E-state index < -0.39 is 5.60 Å². The first-order valence-electron chi connectivity index (χ1n) is 5.13. The molecule has 2 nitrogen and oxygen atoms in total. The van der Waals surface area contributed by atoms with Crippen LogP contribution in [-0.2, 0) is 4.74 Å². The molecule has 0 aromatic carbocycles. The van der Waals surface area contributed by atoms with Gasteiger partial charge in [-0.15, -0.1) is 6.42 Å². The zero-order chi connectivity index (χ0) is 10.6. The van der Waals surface area contributed by atoms with E-state index in [1.54, 1.807) is 6.26 Å². The molecule has 2 heteroatoms. The fourth-order valence-electron chi connectivity index (χ4n) is 1.60. The maximum Gasteiger partial charge on any atom is 0.149 e. The summed E-state index contributed by atoms with van der Waals surface area (Å²) in [5.74, 6) is 2.46. The van der Waals surface area contributed by atoms with E-state index in [2.05, 4.69) is 5.92 Å². The first-order chi connectivity index (χ1) is 6.58. The highest BCUT2D eigenvalue weighted by molar-refractivity contribution is 5.29. The van der Waals surface area contributed by atoms with Crippen LogP contribution in [0.3, 0.4) is 0 Å². The predicted molar refractivity (Wildman–Crippen MR) is 56.6 cm³/mol. The molecular formula is C12H18O2. The Balaban J connectivity index is 2.74. The van der Waals surface area contributed by atoms with Gasteiger partial charge in [0.05, 0.1) is 12.4 Å². The quantitative estimate of drug-likeness (QED) is 0.539. The average molecular weight is 194 g/mol. The molecule has 0 heterocycles. The number of aliphatic hydroxyl groups is 1. The molecule has 0 radical (unpaired) electrons. The molecule has 0 aliphatic heterocycles. The van der Waals surface area contributed by atoms with Gasteiger partial charge in [0, 0.05) is 5.57 Å². The van der Waals surface area contributed by atoms with E-state index in [4.69, 9.17) is 11.2 Å². The van der Waals surface area contributed by atoms with Crippen LogP contribution in [0.25, 0.3) is 0 Å². The highest BCUT2D eigenvalue weighted by atomic mass is 16.5. The number of rotatable bonds is 2. The highest BCUT2D eigenvalue weighted by Gasteiger charge is 2.32. The topological polar surface area (TPSA) is 29.5 Å². The van der Waals surface area contributed by atoms with Gasteiger partial charge in [-0.1, -0.05) is 5.92 Å². The molecule has 1 saturated carbocycles. The molecule has 1 unspecified atom stereocenters. The lowest BCUT2D eigenvalue weighted by Gasteiger charge is -2.29. The van der Waals surface area contributed by atoms with Crippen molar-refractivity contribution in [3.63, 3.8) is 0 Å². The van der Waals surface area contributed by atoms with E-state index in [9.17, 15) is 5.11 Å². The molecule has 78 valence electrons. The average Bonchev–Trinajstić information content (AvgIpc) is 2.16. The maximum absolute atomic E-state index is 10.1. The molecule has 1 aliphatic carbocycles. The van der Waals surface area contributed by atoms with E-state index in [1.165, 1.54) is 0 Å². The van der Waals surface area contributed by atoms with Crippen molar-refractivity contribution in [1.82, 2.24) is 0 Å². The Kier molecular flexibility index (Phi) is 3.60. The molecule has 1 N–H and O–H groups in total. The summed E-state index contributed by atoms with van der Waals surface area (Å²) in [4.78, 5) is 0. The third-order valence-corrected chi connectivity index (χ3v) is 2.49. The lowest BCUT2D eigenvalue weighted by molar-refractivity contribution is 0.0973. The monoisotopic (exact) mass is 194 g/mol. The summed E-state index contributed by atoms with van der Waals surface area (Å²) in [5, 5.41) is 10.1. The highest BCUT2D eigenvalue weighted by Crippen LogP contribution is 2.32. The number of hydrogen-bond donors (Lipinski definition) is 1. The van der Waals surface area contributed by atoms with Crippen molar-refractivity contribution in [2.75, 3.05) is 0 Å². The van der Waals surface area contributed by atoms with Crippen molar-refractivity contribution in [1.29, 1.82) is 0 Å². The van der Waals surface area contributed by atoms with Crippen molar-refractivity contribution < 1.29 is 9.84 Å². The summed E-state index contributed by atoms with van der Waals surface area (Å²) < 4.78 is 5.36. The van der Waals surface area contributed by atoms with Crippen molar-refractivity contribution in [3.05, 3.63) is 11.8 Å². The van der Waals surface area contributed by atoms with E-state index in [1.807, 2.05) is 13.8 Å². The summed E-state index contributed by atoms with van der Waals surface area (Å²) in [5.41, 5.74) is -0.215. The molecule has 0 spiro atoms. The molecule has 0 aromatic heterocycles. The van der Waals surface area contributed by atoms with Gasteiger partial charge in [-0.05, 0) is 39.5 Å². The Morgan fingerprint density at radius 2 is 2.29 bits per heavy atom. The first-order valence-corrected chi connectivity index (χ1v) is 5.13. The van der Waals surface area contributed by atoms with Crippen LogP contribution >= 0.6 is 0 Å². The van der Waals surface area contributed by atoms with Gasteiger partial charge in [0.2, 0.25) is 0 Å². The molecule has 0 bridgehead atoms. The van der Waals surface area contributed by atoms with Gasteiger partial charge in [-0.25, -0.2) is 0 Å². The van der Waals surface area contributed by atoms with Gasteiger partial charge < -0.3 is 9.84 Å². The lowest BCUT2D eigenvalue weighted by Crippen LogP contribution is -2.32. The summed E-state index contributed by atoms with van der Waals surface area (Å²) in [7, 11) is 0. The second kappa shape index (κ2) is 4.52.